The monoisotopic (exact) mass is 248 g/mol. The molecule has 0 unspecified atom stereocenters. The summed E-state index contributed by atoms with van der Waals surface area (Å²) in [5.41, 5.74) is 3.41. The Kier molecular flexibility index (Phi) is 3.07. The normalized spacial score (nSPS) is 10.6. The molecule has 1 heterocycles. The third kappa shape index (κ3) is 2.26. The van der Waals surface area contributed by atoms with Crippen molar-refractivity contribution < 1.29 is 4.39 Å². The number of hydrogen-bond acceptors (Lipinski definition) is 2. The van der Waals surface area contributed by atoms with Crippen molar-refractivity contribution in [1.82, 2.24) is 9.97 Å². The van der Waals surface area contributed by atoms with E-state index in [4.69, 9.17) is 12.2 Å². The molecule has 0 radical (unpaired) electrons. The summed E-state index contributed by atoms with van der Waals surface area (Å²) in [6.07, 6.45) is 0. The average molecular weight is 248 g/mol. The largest absolute Gasteiger partial charge is 0.343 e. The van der Waals surface area contributed by atoms with Crippen LogP contribution in [0, 0.1) is 31.2 Å². The van der Waals surface area contributed by atoms with Crippen LogP contribution in [0.2, 0.25) is 0 Å². The van der Waals surface area contributed by atoms with Gasteiger partial charge in [0.2, 0.25) is 0 Å². The summed E-state index contributed by atoms with van der Waals surface area (Å²) >= 11 is 5.18. The number of rotatable bonds is 1. The van der Waals surface area contributed by atoms with Crippen molar-refractivity contribution in [1.29, 1.82) is 0 Å². The highest BCUT2D eigenvalue weighted by molar-refractivity contribution is 7.71. The van der Waals surface area contributed by atoms with E-state index in [0.29, 0.717) is 16.0 Å². The molecule has 0 fully saturated rings. The molecule has 4 heteroatoms. The third-order valence-corrected chi connectivity index (χ3v) is 3.23. The van der Waals surface area contributed by atoms with Crippen LogP contribution >= 0.6 is 12.2 Å². The fraction of sp³-hybridized carbons (Fsp3) is 0.231. The Labute approximate surface area is 105 Å². The number of halogens is 1. The summed E-state index contributed by atoms with van der Waals surface area (Å²) in [5.74, 6) is 0.470. The SMILES string of the molecule is Cc1cc(-c2nc(=S)c(C)c(C)[nH]2)ccc1F. The predicted octanol–water partition coefficient (Wildman–Crippen LogP) is 3.87. The van der Waals surface area contributed by atoms with Gasteiger partial charge in [0.25, 0.3) is 0 Å². The Hall–Kier alpha value is -1.55. The lowest BCUT2D eigenvalue weighted by atomic mass is 10.1. The van der Waals surface area contributed by atoms with Gasteiger partial charge in [-0.15, -0.1) is 0 Å². The Morgan fingerprint density at radius 3 is 2.53 bits per heavy atom. The van der Waals surface area contributed by atoms with Gasteiger partial charge in [-0.3, -0.25) is 0 Å². The molecule has 0 aliphatic carbocycles. The van der Waals surface area contributed by atoms with E-state index >= 15 is 0 Å². The van der Waals surface area contributed by atoms with Crippen LogP contribution < -0.4 is 0 Å². The number of nitrogens with one attached hydrogen (secondary N) is 1. The Balaban J connectivity index is 2.61. The van der Waals surface area contributed by atoms with Gasteiger partial charge in [-0.1, -0.05) is 12.2 Å². The van der Waals surface area contributed by atoms with Crippen LogP contribution in [0.4, 0.5) is 4.39 Å². The Morgan fingerprint density at radius 2 is 1.94 bits per heavy atom. The molecule has 0 aliphatic heterocycles. The molecule has 0 saturated carbocycles. The zero-order valence-corrected chi connectivity index (χ0v) is 10.8. The van der Waals surface area contributed by atoms with Crippen molar-refractivity contribution in [2.24, 2.45) is 0 Å². The zero-order valence-electron chi connectivity index (χ0n) is 9.97. The second-order valence-corrected chi connectivity index (χ2v) is 4.49. The summed E-state index contributed by atoms with van der Waals surface area (Å²) in [6, 6.07) is 4.90. The van der Waals surface area contributed by atoms with E-state index < -0.39 is 0 Å². The second kappa shape index (κ2) is 4.37. The highest BCUT2D eigenvalue weighted by Gasteiger charge is 2.06. The topological polar surface area (TPSA) is 28.7 Å². The first kappa shape index (κ1) is 11.9. The van der Waals surface area contributed by atoms with Crippen LogP contribution in [-0.2, 0) is 0 Å². The molecular formula is C13H13FN2S. The van der Waals surface area contributed by atoms with Crippen LogP contribution in [0.25, 0.3) is 11.4 Å². The van der Waals surface area contributed by atoms with Gasteiger partial charge in [0.05, 0.1) is 0 Å². The molecule has 88 valence electrons. The van der Waals surface area contributed by atoms with Crippen molar-refractivity contribution in [3.63, 3.8) is 0 Å². The van der Waals surface area contributed by atoms with Crippen molar-refractivity contribution in [3.05, 3.63) is 45.5 Å². The molecule has 0 spiro atoms. The summed E-state index contributed by atoms with van der Waals surface area (Å²) < 4.78 is 13.8. The van der Waals surface area contributed by atoms with E-state index in [1.165, 1.54) is 6.07 Å². The van der Waals surface area contributed by atoms with Crippen LogP contribution in [0.1, 0.15) is 16.8 Å². The molecule has 0 saturated heterocycles. The molecule has 0 aliphatic rings. The maximum atomic E-state index is 13.2. The fourth-order valence-electron chi connectivity index (χ4n) is 1.57. The highest BCUT2D eigenvalue weighted by atomic mass is 32.1. The molecule has 1 aromatic carbocycles. The number of aromatic amines is 1. The lowest BCUT2D eigenvalue weighted by Crippen LogP contribution is -1.97. The van der Waals surface area contributed by atoms with Gasteiger partial charge >= 0.3 is 0 Å². The molecule has 0 amide bonds. The number of aromatic nitrogens is 2. The number of benzene rings is 1. The minimum Gasteiger partial charge on any atom is -0.343 e. The minimum atomic E-state index is -0.212. The average Bonchev–Trinajstić information content (AvgIpc) is 2.29. The standard InChI is InChI=1S/C13H13FN2S/c1-7-6-10(4-5-11(7)14)12-15-9(3)8(2)13(17)16-12/h4-6H,1-3H3,(H,15,16,17). The van der Waals surface area contributed by atoms with E-state index in [-0.39, 0.29) is 5.82 Å². The number of hydrogen-bond donors (Lipinski definition) is 1. The molecule has 17 heavy (non-hydrogen) atoms. The predicted molar refractivity (Wildman–Crippen MR) is 69.0 cm³/mol. The number of aryl methyl sites for hydroxylation is 2. The van der Waals surface area contributed by atoms with Gasteiger partial charge in [-0.05, 0) is 44.5 Å². The maximum Gasteiger partial charge on any atom is 0.139 e. The van der Waals surface area contributed by atoms with E-state index in [1.807, 2.05) is 13.8 Å². The van der Waals surface area contributed by atoms with Gasteiger partial charge in [-0.25, -0.2) is 9.37 Å². The van der Waals surface area contributed by atoms with Crippen molar-refractivity contribution >= 4 is 12.2 Å². The summed E-state index contributed by atoms with van der Waals surface area (Å²) in [7, 11) is 0. The quantitative estimate of drug-likeness (QED) is 0.776. The Morgan fingerprint density at radius 1 is 1.24 bits per heavy atom. The first-order chi connectivity index (χ1) is 7.99. The van der Waals surface area contributed by atoms with E-state index in [2.05, 4.69) is 9.97 Å². The number of H-pyrrole nitrogens is 1. The molecule has 1 N–H and O–H groups in total. The molecule has 1 aromatic heterocycles. The molecule has 0 atom stereocenters. The first-order valence-corrected chi connectivity index (χ1v) is 5.74. The van der Waals surface area contributed by atoms with Gasteiger partial charge in [0.15, 0.2) is 0 Å². The van der Waals surface area contributed by atoms with E-state index in [9.17, 15) is 4.39 Å². The second-order valence-electron chi connectivity index (χ2n) is 4.10. The molecule has 2 nitrogen and oxygen atoms in total. The zero-order chi connectivity index (χ0) is 12.6. The summed E-state index contributed by atoms with van der Waals surface area (Å²) in [4.78, 5) is 7.49. The minimum absolute atomic E-state index is 0.212. The summed E-state index contributed by atoms with van der Waals surface area (Å²) in [5, 5.41) is 0. The van der Waals surface area contributed by atoms with Crippen LogP contribution in [0.15, 0.2) is 18.2 Å². The first-order valence-electron chi connectivity index (χ1n) is 5.33. The highest BCUT2D eigenvalue weighted by Crippen LogP contribution is 2.19. The van der Waals surface area contributed by atoms with Crippen LogP contribution in [-0.4, -0.2) is 9.97 Å². The lowest BCUT2D eigenvalue weighted by molar-refractivity contribution is 0.618. The van der Waals surface area contributed by atoms with E-state index in [0.717, 1.165) is 16.8 Å². The van der Waals surface area contributed by atoms with Gasteiger partial charge in [0.1, 0.15) is 16.3 Å². The van der Waals surface area contributed by atoms with E-state index in [1.54, 1.807) is 19.1 Å². The Bertz CT molecular complexity index is 632. The lowest BCUT2D eigenvalue weighted by Gasteiger charge is -2.07. The smallest absolute Gasteiger partial charge is 0.139 e. The van der Waals surface area contributed by atoms with Crippen LogP contribution in [0.5, 0.6) is 0 Å². The van der Waals surface area contributed by atoms with Crippen molar-refractivity contribution in [2.45, 2.75) is 20.8 Å². The van der Waals surface area contributed by atoms with Gasteiger partial charge in [-0.2, -0.15) is 0 Å². The fourth-order valence-corrected chi connectivity index (χ4v) is 1.82. The van der Waals surface area contributed by atoms with Crippen molar-refractivity contribution in [2.75, 3.05) is 0 Å². The molecule has 0 bridgehead atoms. The van der Waals surface area contributed by atoms with Gasteiger partial charge in [0, 0.05) is 16.8 Å². The van der Waals surface area contributed by atoms with Crippen molar-refractivity contribution in [3.8, 4) is 11.4 Å². The maximum absolute atomic E-state index is 13.2. The molecule has 2 rings (SSSR count). The van der Waals surface area contributed by atoms with Crippen LogP contribution in [0.3, 0.4) is 0 Å². The summed E-state index contributed by atoms with van der Waals surface area (Å²) in [6.45, 7) is 5.61. The van der Waals surface area contributed by atoms with Gasteiger partial charge < -0.3 is 4.98 Å². The third-order valence-electron chi connectivity index (χ3n) is 2.83. The molecule has 2 aromatic rings. The number of nitrogens with zero attached hydrogens (tertiary/aromatic N) is 1. The molecular weight excluding hydrogens is 235 g/mol.